The van der Waals surface area contributed by atoms with Crippen molar-refractivity contribution >= 4 is 23.5 Å². The lowest BCUT2D eigenvalue weighted by Gasteiger charge is -2.14. The van der Waals surface area contributed by atoms with E-state index in [0.29, 0.717) is 29.8 Å². The molecule has 1 aromatic carbocycles. The quantitative estimate of drug-likeness (QED) is 0.646. The summed E-state index contributed by atoms with van der Waals surface area (Å²) in [6.45, 7) is 2.47. The molecule has 0 aliphatic carbocycles. The number of urea groups is 1. The third kappa shape index (κ3) is 3.65. The van der Waals surface area contributed by atoms with Crippen LogP contribution in [0.25, 0.3) is 0 Å². The molecule has 0 saturated heterocycles. The molecule has 0 unspecified atom stereocenters. The summed E-state index contributed by atoms with van der Waals surface area (Å²) in [4.78, 5) is 41.5. The number of carbonyl (C=O) groups excluding carboxylic acids is 3. The fraction of sp³-hybridized carbons (Fsp3) is 0.222. The van der Waals surface area contributed by atoms with Gasteiger partial charge in [-0.15, -0.1) is 0 Å². The molecule has 0 radical (unpaired) electrons. The Morgan fingerprint density at radius 3 is 2.36 bits per heavy atom. The molecule has 0 atom stereocenters. The monoisotopic (exact) mass is 338 g/mol. The van der Waals surface area contributed by atoms with E-state index in [2.05, 4.69) is 15.6 Å². The van der Waals surface area contributed by atoms with Gasteiger partial charge in [-0.25, -0.2) is 4.79 Å². The Morgan fingerprint density at radius 2 is 1.76 bits per heavy atom. The molecule has 2 heterocycles. The summed E-state index contributed by atoms with van der Waals surface area (Å²) in [5, 5.41) is 5.36. The van der Waals surface area contributed by atoms with E-state index in [1.165, 1.54) is 4.90 Å². The van der Waals surface area contributed by atoms with Gasteiger partial charge in [-0.1, -0.05) is 12.1 Å². The van der Waals surface area contributed by atoms with Crippen LogP contribution in [0.4, 0.5) is 10.5 Å². The van der Waals surface area contributed by atoms with Crippen molar-refractivity contribution in [2.75, 3.05) is 18.4 Å². The maximum absolute atomic E-state index is 12.2. The highest BCUT2D eigenvalue weighted by Crippen LogP contribution is 2.22. The standard InChI is InChI=1S/C18H18N4O3/c1-12-7-8-13(11-20-12)21-18(25)19-9-4-10-22-16(23)14-5-2-3-6-15(14)17(22)24/h2-3,5-8,11H,4,9-10H2,1H3,(H2,19,21,25). The summed E-state index contributed by atoms with van der Waals surface area (Å²) in [6.07, 6.45) is 2.05. The summed E-state index contributed by atoms with van der Waals surface area (Å²) in [5.74, 6) is -0.563. The van der Waals surface area contributed by atoms with Gasteiger partial charge in [0.2, 0.25) is 0 Å². The number of nitrogens with zero attached hydrogens (tertiary/aromatic N) is 2. The van der Waals surface area contributed by atoms with Gasteiger partial charge in [-0.3, -0.25) is 19.5 Å². The van der Waals surface area contributed by atoms with E-state index < -0.39 is 0 Å². The SMILES string of the molecule is Cc1ccc(NC(=O)NCCCN2C(=O)c3ccccc3C2=O)cn1. The number of carbonyl (C=O) groups is 3. The van der Waals surface area contributed by atoms with Gasteiger partial charge in [0.1, 0.15) is 0 Å². The lowest BCUT2D eigenvalue weighted by molar-refractivity contribution is 0.0653. The second-order valence-corrected chi connectivity index (χ2v) is 5.73. The number of benzene rings is 1. The number of rotatable bonds is 5. The van der Waals surface area contributed by atoms with E-state index in [0.717, 1.165) is 5.69 Å². The Balaban J connectivity index is 1.45. The van der Waals surface area contributed by atoms with Gasteiger partial charge in [0.05, 0.1) is 23.0 Å². The van der Waals surface area contributed by atoms with Crippen molar-refractivity contribution in [3.05, 3.63) is 59.4 Å². The number of pyridine rings is 1. The van der Waals surface area contributed by atoms with Crippen LogP contribution >= 0.6 is 0 Å². The summed E-state index contributed by atoms with van der Waals surface area (Å²) in [5.41, 5.74) is 2.34. The van der Waals surface area contributed by atoms with Gasteiger partial charge >= 0.3 is 6.03 Å². The smallest absolute Gasteiger partial charge is 0.319 e. The van der Waals surface area contributed by atoms with Crippen molar-refractivity contribution in [1.82, 2.24) is 15.2 Å². The van der Waals surface area contributed by atoms with Crippen LogP contribution in [0.2, 0.25) is 0 Å². The fourth-order valence-corrected chi connectivity index (χ4v) is 2.60. The molecule has 0 saturated carbocycles. The van der Waals surface area contributed by atoms with Crippen LogP contribution in [0.3, 0.4) is 0 Å². The Labute approximate surface area is 145 Å². The van der Waals surface area contributed by atoms with Crippen molar-refractivity contribution in [2.45, 2.75) is 13.3 Å². The maximum atomic E-state index is 12.2. The number of aryl methyl sites for hydroxylation is 1. The third-order valence-corrected chi connectivity index (χ3v) is 3.89. The second-order valence-electron chi connectivity index (χ2n) is 5.73. The molecular weight excluding hydrogens is 320 g/mol. The lowest BCUT2D eigenvalue weighted by Crippen LogP contribution is -2.35. The molecule has 128 valence electrons. The van der Waals surface area contributed by atoms with Gasteiger partial charge in [0.15, 0.2) is 0 Å². The van der Waals surface area contributed by atoms with Crippen LogP contribution in [0.5, 0.6) is 0 Å². The summed E-state index contributed by atoms with van der Waals surface area (Å²) >= 11 is 0. The molecule has 1 aliphatic rings. The average Bonchev–Trinajstić information content (AvgIpc) is 2.86. The van der Waals surface area contributed by atoms with Crippen LogP contribution in [-0.2, 0) is 0 Å². The minimum absolute atomic E-state index is 0.263. The fourth-order valence-electron chi connectivity index (χ4n) is 2.60. The Hall–Kier alpha value is -3.22. The van der Waals surface area contributed by atoms with E-state index in [1.54, 1.807) is 42.6 Å². The van der Waals surface area contributed by atoms with E-state index in [4.69, 9.17) is 0 Å². The molecule has 7 nitrogen and oxygen atoms in total. The maximum Gasteiger partial charge on any atom is 0.319 e. The van der Waals surface area contributed by atoms with Gasteiger partial charge in [0, 0.05) is 18.8 Å². The minimum Gasteiger partial charge on any atom is -0.338 e. The molecule has 0 fully saturated rings. The van der Waals surface area contributed by atoms with Gasteiger partial charge < -0.3 is 10.6 Å². The first-order chi connectivity index (χ1) is 12.1. The third-order valence-electron chi connectivity index (χ3n) is 3.89. The number of fused-ring (bicyclic) bond motifs is 1. The number of hydrogen-bond acceptors (Lipinski definition) is 4. The number of aromatic nitrogens is 1. The highest BCUT2D eigenvalue weighted by Gasteiger charge is 2.34. The van der Waals surface area contributed by atoms with E-state index >= 15 is 0 Å². The molecule has 4 amide bonds. The number of imide groups is 1. The molecule has 0 spiro atoms. The van der Waals surface area contributed by atoms with Crippen molar-refractivity contribution < 1.29 is 14.4 Å². The van der Waals surface area contributed by atoms with Crippen molar-refractivity contribution in [2.24, 2.45) is 0 Å². The summed E-state index contributed by atoms with van der Waals surface area (Å²) in [7, 11) is 0. The number of amides is 4. The zero-order chi connectivity index (χ0) is 17.8. The molecule has 1 aromatic heterocycles. The Bertz CT molecular complexity index is 782. The number of nitrogens with one attached hydrogen (secondary N) is 2. The first kappa shape index (κ1) is 16.6. The molecule has 2 N–H and O–H groups in total. The zero-order valence-electron chi connectivity index (χ0n) is 13.8. The molecule has 0 bridgehead atoms. The minimum atomic E-state index is -0.354. The summed E-state index contributed by atoms with van der Waals surface area (Å²) in [6, 6.07) is 9.98. The predicted molar refractivity (Wildman–Crippen MR) is 92.4 cm³/mol. The lowest BCUT2D eigenvalue weighted by atomic mass is 10.1. The highest BCUT2D eigenvalue weighted by atomic mass is 16.2. The Kier molecular flexibility index (Phi) is 4.74. The van der Waals surface area contributed by atoms with Crippen LogP contribution in [0.1, 0.15) is 32.8 Å². The summed E-state index contributed by atoms with van der Waals surface area (Å²) < 4.78 is 0. The van der Waals surface area contributed by atoms with Gasteiger partial charge in [-0.2, -0.15) is 0 Å². The second kappa shape index (κ2) is 7.12. The normalized spacial score (nSPS) is 12.9. The van der Waals surface area contributed by atoms with Crippen molar-refractivity contribution in [3.63, 3.8) is 0 Å². The molecule has 7 heteroatoms. The van der Waals surface area contributed by atoms with Crippen molar-refractivity contribution in [1.29, 1.82) is 0 Å². The van der Waals surface area contributed by atoms with Crippen LogP contribution in [-0.4, -0.2) is 40.8 Å². The van der Waals surface area contributed by atoms with Crippen LogP contribution in [0.15, 0.2) is 42.6 Å². The van der Waals surface area contributed by atoms with E-state index in [-0.39, 0.29) is 24.4 Å². The average molecular weight is 338 g/mol. The number of anilines is 1. The molecule has 1 aliphatic heterocycles. The molecule has 2 aromatic rings. The van der Waals surface area contributed by atoms with E-state index in [1.807, 2.05) is 6.92 Å². The first-order valence-corrected chi connectivity index (χ1v) is 7.99. The van der Waals surface area contributed by atoms with Crippen LogP contribution < -0.4 is 10.6 Å². The zero-order valence-corrected chi connectivity index (χ0v) is 13.8. The Morgan fingerprint density at radius 1 is 1.08 bits per heavy atom. The van der Waals surface area contributed by atoms with Gasteiger partial charge in [0.25, 0.3) is 11.8 Å². The number of hydrogen-bond donors (Lipinski definition) is 2. The predicted octanol–water partition coefficient (Wildman–Crippen LogP) is 2.20. The molecule has 25 heavy (non-hydrogen) atoms. The molecular formula is C18H18N4O3. The largest absolute Gasteiger partial charge is 0.338 e. The van der Waals surface area contributed by atoms with Gasteiger partial charge in [-0.05, 0) is 37.6 Å². The van der Waals surface area contributed by atoms with E-state index in [9.17, 15) is 14.4 Å². The topological polar surface area (TPSA) is 91.4 Å². The van der Waals surface area contributed by atoms with Crippen LogP contribution in [0, 0.1) is 6.92 Å². The van der Waals surface area contributed by atoms with Crippen molar-refractivity contribution in [3.8, 4) is 0 Å². The first-order valence-electron chi connectivity index (χ1n) is 7.99. The molecule has 3 rings (SSSR count). The highest BCUT2D eigenvalue weighted by molar-refractivity contribution is 6.21.